The van der Waals surface area contributed by atoms with E-state index in [2.05, 4.69) is 25.8 Å². The maximum Gasteiger partial charge on any atom is 0.135 e. The molecule has 1 heterocycles. The van der Waals surface area contributed by atoms with E-state index >= 15 is 0 Å². The average molecular weight is 268 g/mol. The number of fused-ring (bicyclic) bond motifs is 1. The third kappa shape index (κ3) is 2.55. The first-order valence-electron chi connectivity index (χ1n) is 6.71. The van der Waals surface area contributed by atoms with E-state index in [1.54, 1.807) is 12.1 Å². The maximum absolute atomic E-state index is 10.1. The van der Waals surface area contributed by atoms with Gasteiger partial charge in [0.2, 0.25) is 0 Å². The van der Waals surface area contributed by atoms with Crippen LogP contribution < -0.4 is 4.74 Å². The Balaban J connectivity index is 2.57. The molecule has 20 heavy (non-hydrogen) atoms. The summed E-state index contributed by atoms with van der Waals surface area (Å²) in [5.41, 5.74) is 1.32. The molecule has 1 aromatic rings. The van der Waals surface area contributed by atoms with Crippen LogP contribution in [0.5, 0.6) is 11.5 Å². The maximum atomic E-state index is 10.1. The summed E-state index contributed by atoms with van der Waals surface area (Å²) in [7, 11) is 0. The van der Waals surface area contributed by atoms with Crippen molar-refractivity contribution in [1.29, 1.82) is 0 Å². The van der Waals surface area contributed by atoms with Crippen LogP contribution in [0.4, 0.5) is 0 Å². The van der Waals surface area contributed by atoms with E-state index in [0.717, 1.165) is 11.1 Å². The summed E-state index contributed by atoms with van der Waals surface area (Å²) in [4.78, 5) is 0. The summed E-state index contributed by atoms with van der Waals surface area (Å²) in [6.07, 6.45) is 9.66. The fraction of sp³-hybridized carbons (Fsp3) is 0.222. The first kappa shape index (κ1) is 14.2. The fourth-order valence-corrected chi connectivity index (χ4v) is 2.66. The Hall–Kier alpha value is -2.22. The van der Waals surface area contributed by atoms with Crippen molar-refractivity contribution >= 4 is 5.57 Å². The number of benzene rings is 1. The van der Waals surface area contributed by atoms with Crippen molar-refractivity contribution in [3.05, 3.63) is 67.8 Å². The normalized spacial score (nSPS) is 15.5. The van der Waals surface area contributed by atoms with Crippen LogP contribution in [0.2, 0.25) is 0 Å². The third-order valence-corrected chi connectivity index (χ3v) is 3.42. The molecular formula is C18H20O2. The standard InChI is InChI=1S/C18H20O2/c1-4-8-14-13-18(11-5-2,12-6-3)20-16-10-7-9-15(19)17(14)16/h4-7,9-10,13,19H,1-3,8,11-12H2. The minimum Gasteiger partial charge on any atom is -0.507 e. The molecule has 0 amide bonds. The minimum atomic E-state index is -0.470. The quantitative estimate of drug-likeness (QED) is 0.762. The molecule has 0 spiro atoms. The zero-order chi connectivity index (χ0) is 14.6. The van der Waals surface area contributed by atoms with Gasteiger partial charge in [-0.1, -0.05) is 24.3 Å². The topological polar surface area (TPSA) is 29.5 Å². The molecule has 0 radical (unpaired) electrons. The van der Waals surface area contributed by atoms with Crippen LogP contribution in [0.15, 0.2) is 62.2 Å². The van der Waals surface area contributed by atoms with E-state index in [1.165, 1.54) is 0 Å². The monoisotopic (exact) mass is 268 g/mol. The zero-order valence-corrected chi connectivity index (χ0v) is 11.6. The number of phenolic OH excluding ortho intramolecular Hbond substituents is 1. The smallest absolute Gasteiger partial charge is 0.135 e. The molecule has 2 nitrogen and oxygen atoms in total. The molecule has 0 bridgehead atoms. The molecule has 0 unspecified atom stereocenters. The van der Waals surface area contributed by atoms with Gasteiger partial charge in [0.05, 0.1) is 5.56 Å². The number of ether oxygens (including phenoxy) is 1. The van der Waals surface area contributed by atoms with Gasteiger partial charge in [0.1, 0.15) is 17.1 Å². The van der Waals surface area contributed by atoms with Crippen LogP contribution in [0.25, 0.3) is 5.57 Å². The highest BCUT2D eigenvalue weighted by Crippen LogP contribution is 2.44. The Morgan fingerprint density at radius 2 is 1.80 bits per heavy atom. The molecule has 0 saturated heterocycles. The van der Waals surface area contributed by atoms with Crippen LogP contribution >= 0.6 is 0 Å². The minimum absolute atomic E-state index is 0.237. The van der Waals surface area contributed by atoms with Crippen molar-refractivity contribution < 1.29 is 9.84 Å². The van der Waals surface area contributed by atoms with Crippen LogP contribution in [-0.2, 0) is 0 Å². The fourth-order valence-electron chi connectivity index (χ4n) is 2.66. The molecule has 1 aliphatic heterocycles. The second-order valence-electron chi connectivity index (χ2n) is 4.97. The highest BCUT2D eigenvalue weighted by molar-refractivity contribution is 5.78. The van der Waals surface area contributed by atoms with Gasteiger partial charge in [-0.2, -0.15) is 0 Å². The Bertz CT molecular complexity index is 557. The van der Waals surface area contributed by atoms with E-state index in [0.29, 0.717) is 25.0 Å². The molecule has 2 heteroatoms. The first-order valence-corrected chi connectivity index (χ1v) is 6.71. The van der Waals surface area contributed by atoms with E-state index in [4.69, 9.17) is 4.74 Å². The lowest BCUT2D eigenvalue weighted by molar-refractivity contribution is 0.122. The summed E-state index contributed by atoms with van der Waals surface area (Å²) >= 11 is 0. The number of hydrogen-bond donors (Lipinski definition) is 1. The third-order valence-electron chi connectivity index (χ3n) is 3.42. The van der Waals surface area contributed by atoms with Gasteiger partial charge in [-0.15, -0.1) is 19.7 Å². The molecule has 0 aliphatic carbocycles. The Morgan fingerprint density at radius 1 is 1.10 bits per heavy atom. The highest BCUT2D eigenvalue weighted by atomic mass is 16.5. The molecule has 1 aliphatic rings. The molecule has 1 N–H and O–H groups in total. The number of hydrogen-bond acceptors (Lipinski definition) is 2. The highest BCUT2D eigenvalue weighted by Gasteiger charge is 2.34. The van der Waals surface area contributed by atoms with Gasteiger partial charge in [-0.25, -0.2) is 0 Å². The van der Waals surface area contributed by atoms with Gasteiger partial charge in [-0.3, -0.25) is 0 Å². The van der Waals surface area contributed by atoms with Gasteiger partial charge in [0, 0.05) is 12.8 Å². The first-order chi connectivity index (χ1) is 9.65. The summed E-state index contributed by atoms with van der Waals surface area (Å²) < 4.78 is 6.14. The molecular weight excluding hydrogens is 248 g/mol. The molecule has 104 valence electrons. The summed E-state index contributed by atoms with van der Waals surface area (Å²) in [6, 6.07) is 5.34. The predicted molar refractivity (Wildman–Crippen MR) is 83.9 cm³/mol. The summed E-state index contributed by atoms with van der Waals surface area (Å²) in [5.74, 6) is 0.939. The van der Waals surface area contributed by atoms with Gasteiger partial charge in [0.15, 0.2) is 0 Å². The van der Waals surface area contributed by atoms with Crippen molar-refractivity contribution in [2.45, 2.75) is 24.9 Å². The number of aromatic hydroxyl groups is 1. The van der Waals surface area contributed by atoms with Crippen LogP contribution in [0, 0.1) is 0 Å². The van der Waals surface area contributed by atoms with Crippen molar-refractivity contribution in [3.8, 4) is 11.5 Å². The molecule has 0 atom stereocenters. The Morgan fingerprint density at radius 3 is 2.40 bits per heavy atom. The van der Waals surface area contributed by atoms with Gasteiger partial charge in [-0.05, 0) is 30.2 Å². The molecule has 1 aromatic carbocycles. The van der Waals surface area contributed by atoms with E-state index < -0.39 is 5.60 Å². The number of phenols is 1. The van der Waals surface area contributed by atoms with E-state index in [-0.39, 0.29) is 5.75 Å². The van der Waals surface area contributed by atoms with E-state index in [9.17, 15) is 5.11 Å². The zero-order valence-electron chi connectivity index (χ0n) is 11.6. The van der Waals surface area contributed by atoms with Crippen LogP contribution in [0.1, 0.15) is 24.8 Å². The Labute approximate surface area is 120 Å². The van der Waals surface area contributed by atoms with Crippen molar-refractivity contribution in [3.63, 3.8) is 0 Å². The average Bonchev–Trinajstić information content (AvgIpc) is 2.39. The molecule has 0 aromatic heterocycles. The van der Waals surface area contributed by atoms with Gasteiger partial charge >= 0.3 is 0 Å². The SMILES string of the molecule is C=CCC1=CC(CC=C)(CC=C)Oc2cccc(O)c21. The van der Waals surface area contributed by atoms with E-state index in [1.807, 2.05) is 24.3 Å². The van der Waals surface area contributed by atoms with Crippen molar-refractivity contribution in [1.82, 2.24) is 0 Å². The van der Waals surface area contributed by atoms with Gasteiger partial charge in [0.25, 0.3) is 0 Å². The summed E-state index contributed by atoms with van der Waals surface area (Å²) in [5, 5.41) is 10.1. The molecule has 0 saturated carbocycles. The second-order valence-corrected chi connectivity index (χ2v) is 4.97. The summed E-state index contributed by atoms with van der Waals surface area (Å²) in [6.45, 7) is 11.4. The van der Waals surface area contributed by atoms with Crippen LogP contribution in [-0.4, -0.2) is 10.7 Å². The second kappa shape index (κ2) is 5.83. The van der Waals surface area contributed by atoms with Crippen molar-refractivity contribution in [2.75, 3.05) is 0 Å². The molecule has 2 rings (SSSR count). The predicted octanol–water partition coefficient (Wildman–Crippen LogP) is 4.64. The number of rotatable bonds is 6. The van der Waals surface area contributed by atoms with Gasteiger partial charge < -0.3 is 9.84 Å². The Kier molecular flexibility index (Phi) is 4.14. The van der Waals surface area contributed by atoms with Crippen LogP contribution in [0.3, 0.4) is 0 Å². The largest absolute Gasteiger partial charge is 0.507 e. The number of allylic oxidation sites excluding steroid dienone is 2. The lowest BCUT2D eigenvalue weighted by atomic mass is 9.86. The van der Waals surface area contributed by atoms with Crippen molar-refractivity contribution in [2.24, 2.45) is 0 Å². The lowest BCUT2D eigenvalue weighted by Crippen LogP contribution is -2.35. The molecule has 0 fully saturated rings. The lowest BCUT2D eigenvalue weighted by Gasteiger charge is -2.36.